The van der Waals surface area contributed by atoms with Crippen molar-refractivity contribution >= 4 is 11.7 Å². The number of carbonyl (C=O) groups is 1. The van der Waals surface area contributed by atoms with Gasteiger partial charge in [-0.05, 0) is 44.9 Å². The van der Waals surface area contributed by atoms with Crippen LogP contribution in [0, 0.1) is 5.82 Å². The highest BCUT2D eigenvalue weighted by molar-refractivity contribution is 5.71. The van der Waals surface area contributed by atoms with Crippen molar-refractivity contribution in [3.05, 3.63) is 54.4 Å². The molecule has 0 unspecified atom stereocenters. The van der Waals surface area contributed by atoms with E-state index in [1.165, 1.54) is 6.07 Å². The van der Waals surface area contributed by atoms with Crippen LogP contribution in [-0.2, 0) is 4.74 Å². The number of nitrogens with zero attached hydrogens (tertiary/aromatic N) is 3. The maximum Gasteiger partial charge on any atom is 0.410 e. The summed E-state index contributed by atoms with van der Waals surface area (Å²) < 4.78 is 20.9. The van der Waals surface area contributed by atoms with Gasteiger partial charge in [0.05, 0.1) is 17.7 Å². The van der Waals surface area contributed by atoms with Crippen LogP contribution < -0.4 is 0 Å². The molecule has 25 heavy (non-hydrogen) atoms. The molecule has 3 rings (SSSR count). The van der Waals surface area contributed by atoms with Crippen LogP contribution in [0.25, 0.3) is 11.3 Å². The second-order valence-corrected chi connectivity index (χ2v) is 7.02. The number of benzene rings is 1. The van der Waals surface area contributed by atoms with E-state index < -0.39 is 5.60 Å². The van der Waals surface area contributed by atoms with Gasteiger partial charge in [0, 0.05) is 19.3 Å². The predicted molar refractivity (Wildman–Crippen MR) is 93.9 cm³/mol. The lowest BCUT2D eigenvalue weighted by molar-refractivity contribution is 0.0270. The van der Waals surface area contributed by atoms with Crippen molar-refractivity contribution in [1.82, 2.24) is 14.5 Å². The second kappa shape index (κ2) is 6.70. The summed E-state index contributed by atoms with van der Waals surface area (Å²) in [6, 6.07) is 6.58. The molecule has 0 saturated carbocycles. The van der Waals surface area contributed by atoms with Gasteiger partial charge in [0.15, 0.2) is 0 Å². The number of imidazole rings is 1. The van der Waals surface area contributed by atoms with Gasteiger partial charge in [0.1, 0.15) is 11.4 Å². The summed E-state index contributed by atoms with van der Waals surface area (Å²) in [7, 11) is 0. The topological polar surface area (TPSA) is 47.4 Å². The fraction of sp³-hybridized carbons (Fsp3) is 0.368. The van der Waals surface area contributed by atoms with Gasteiger partial charge in [-0.2, -0.15) is 0 Å². The fourth-order valence-electron chi connectivity index (χ4n) is 2.68. The number of rotatable bonds is 2. The normalized spacial score (nSPS) is 15.0. The highest BCUT2D eigenvalue weighted by Crippen LogP contribution is 2.23. The summed E-state index contributed by atoms with van der Waals surface area (Å²) in [6.45, 7) is 6.62. The highest BCUT2D eigenvalue weighted by Gasteiger charge is 2.24. The van der Waals surface area contributed by atoms with Crippen molar-refractivity contribution in [2.75, 3.05) is 13.1 Å². The van der Waals surface area contributed by atoms with E-state index >= 15 is 0 Å². The number of ether oxygens (including phenoxy) is 1. The van der Waals surface area contributed by atoms with Crippen LogP contribution >= 0.6 is 0 Å². The zero-order valence-electron chi connectivity index (χ0n) is 14.7. The first kappa shape index (κ1) is 17.2. The molecule has 0 fully saturated rings. The van der Waals surface area contributed by atoms with Gasteiger partial charge in [-0.25, -0.2) is 14.2 Å². The zero-order chi connectivity index (χ0) is 18.0. The number of amides is 1. The Bertz CT molecular complexity index is 805. The van der Waals surface area contributed by atoms with Crippen LogP contribution in [0.4, 0.5) is 9.18 Å². The lowest BCUT2D eigenvalue weighted by Gasteiger charge is -2.29. The van der Waals surface area contributed by atoms with Crippen molar-refractivity contribution < 1.29 is 13.9 Å². The molecule has 132 valence electrons. The largest absolute Gasteiger partial charge is 0.444 e. The summed E-state index contributed by atoms with van der Waals surface area (Å²) in [5.74, 6) is -0.292. The fourth-order valence-corrected chi connectivity index (χ4v) is 2.68. The summed E-state index contributed by atoms with van der Waals surface area (Å²) in [5, 5.41) is 0. The van der Waals surface area contributed by atoms with Gasteiger partial charge in [0.2, 0.25) is 0 Å². The lowest BCUT2D eigenvalue weighted by Crippen LogP contribution is -2.39. The molecule has 5 nitrogen and oxygen atoms in total. The number of hydrogen-bond donors (Lipinski definition) is 0. The number of aromatic nitrogens is 2. The van der Waals surface area contributed by atoms with Gasteiger partial charge in [-0.3, -0.25) is 0 Å². The third-order valence-electron chi connectivity index (χ3n) is 3.90. The van der Waals surface area contributed by atoms with Crippen molar-refractivity contribution in [2.24, 2.45) is 0 Å². The van der Waals surface area contributed by atoms with Gasteiger partial charge in [-0.15, -0.1) is 0 Å². The third kappa shape index (κ3) is 4.07. The first-order valence-corrected chi connectivity index (χ1v) is 8.30. The van der Waals surface area contributed by atoms with Gasteiger partial charge < -0.3 is 14.2 Å². The Hall–Kier alpha value is -2.63. The van der Waals surface area contributed by atoms with Crippen LogP contribution in [0.15, 0.2) is 42.9 Å². The Labute approximate surface area is 146 Å². The molecule has 0 aliphatic carbocycles. The number of hydrogen-bond acceptors (Lipinski definition) is 3. The summed E-state index contributed by atoms with van der Waals surface area (Å²) in [5.41, 5.74) is 1.81. The quantitative estimate of drug-likeness (QED) is 0.827. The number of carbonyl (C=O) groups excluding carboxylic acids is 1. The summed E-state index contributed by atoms with van der Waals surface area (Å²) >= 11 is 0. The minimum absolute atomic E-state index is 0.292. The monoisotopic (exact) mass is 343 g/mol. The Kier molecular flexibility index (Phi) is 4.61. The highest BCUT2D eigenvalue weighted by atomic mass is 19.1. The van der Waals surface area contributed by atoms with E-state index in [4.69, 9.17) is 4.74 Å². The summed E-state index contributed by atoms with van der Waals surface area (Å²) in [6.07, 6.45) is 5.77. The molecule has 6 heteroatoms. The summed E-state index contributed by atoms with van der Waals surface area (Å²) in [4.78, 5) is 18.1. The van der Waals surface area contributed by atoms with E-state index in [1.807, 2.05) is 33.0 Å². The molecule has 2 heterocycles. The Balaban J connectivity index is 1.71. The zero-order valence-corrected chi connectivity index (χ0v) is 14.7. The molecule has 1 aliphatic heterocycles. The number of para-hydroxylation sites is 1. The molecule has 0 atom stereocenters. The molecule has 1 amide bonds. The first-order chi connectivity index (χ1) is 11.8. The Morgan fingerprint density at radius 3 is 2.68 bits per heavy atom. The molecule has 2 aromatic rings. The van der Waals surface area contributed by atoms with Gasteiger partial charge >= 0.3 is 6.09 Å². The van der Waals surface area contributed by atoms with Crippen molar-refractivity contribution in [2.45, 2.75) is 32.8 Å². The first-order valence-electron chi connectivity index (χ1n) is 8.30. The van der Waals surface area contributed by atoms with Gasteiger partial charge in [0.25, 0.3) is 0 Å². The smallest absolute Gasteiger partial charge is 0.410 e. The molecule has 1 aliphatic rings. The molecule has 0 spiro atoms. The predicted octanol–water partition coefficient (Wildman–Crippen LogP) is 4.04. The average Bonchev–Trinajstić information content (AvgIpc) is 3.03. The molecule has 0 radical (unpaired) electrons. The van der Waals surface area contributed by atoms with E-state index in [9.17, 15) is 9.18 Å². The molecule has 1 aromatic carbocycles. The minimum atomic E-state index is -0.500. The maximum atomic E-state index is 13.9. The van der Waals surface area contributed by atoms with Crippen LogP contribution in [-0.4, -0.2) is 39.2 Å². The lowest BCUT2D eigenvalue weighted by atomic mass is 10.1. The van der Waals surface area contributed by atoms with Crippen molar-refractivity contribution in [1.29, 1.82) is 0 Å². The van der Waals surface area contributed by atoms with Crippen molar-refractivity contribution in [3.63, 3.8) is 0 Å². The van der Waals surface area contributed by atoms with E-state index in [2.05, 4.69) is 4.98 Å². The van der Waals surface area contributed by atoms with E-state index in [1.54, 1.807) is 34.0 Å². The van der Waals surface area contributed by atoms with Crippen molar-refractivity contribution in [3.8, 4) is 5.69 Å². The van der Waals surface area contributed by atoms with Crippen LogP contribution in [0.1, 0.15) is 32.9 Å². The van der Waals surface area contributed by atoms with Gasteiger partial charge in [-0.1, -0.05) is 18.2 Å². The van der Waals surface area contributed by atoms with Crippen LogP contribution in [0.3, 0.4) is 0 Å². The molecule has 0 bridgehead atoms. The maximum absolute atomic E-state index is 13.9. The number of halogens is 1. The Morgan fingerprint density at radius 2 is 2.04 bits per heavy atom. The molecular weight excluding hydrogens is 321 g/mol. The van der Waals surface area contributed by atoms with E-state index in [0.29, 0.717) is 25.2 Å². The van der Waals surface area contributed by atoms with E-state index in [-0.39, 0.29) is 11.9 Å². The molecule has 1 aromatic heterocycles. The van der Waals surface area contributed by atoms with E-state index in [0.717, 1.165) is 11.3 Å². The second-order valence-electron chi connectivity index (χ2n) is 7.02. The third-order valence-corrected chi connectivity index (χ3v) is 3.90. The molecule has 0 N–H and O–H groups in total. The molecule has 0 saturated heterocycles. The van der Waals surface area contributed by atoms with Crippen LogP contribution in [0.5, 0.6) is 0 Å². The van der Waals surface area contributed by atoms with Crippen LogP contribution in [0.2, 0.25) is 0 Å². The average molecular weight is 343 g/mol. The molecular formula is C19H22FN3O2. The Morgan fingerprint density at radius 1 is 1.28 bits per heavy atom. The minimum Gasteiger partial charge on any atom is -0.444 e. The standard InChI is InChI=1S/C19H22FN3O2/c1-19(2,3)25-18(24)22-10-8-14(9-11-22)16-12-23(13-21-16)17-7-5-4-6-15(17)20/h4-8,12-13H,9-11H2,1-3H3. The SMILES string of the molecule is CC(C)(C)OC(=O)N1CC=C(c2cn(-c3ccccc3F)cn2)CC1.